The van der Waals surface area contributed by atoms with Crippen LogP contribution in [0, 0.1) is 0 Å². The Kier molecular flexibility index (Phi) is 7.15. The Morgan fingerprint density at radius 2 is 2.15 bits per heavy atom. The smallest absolute Gasteiger partial charge is 0.270 e. The summed E-state index contributed by atoms with van der Waals surface area (Å²) >= 11 is 1.40. The van der Waals surface area contributed by atoms with Gasteiger partial charge in [0, 0.05) is 30.7 Å². The van der Waals surface area contributed by atoms with E-state index in [9.17, 15) is 4.79 Å². The fraction of sp³-hybridized carbons (Fsp3) is 0.421. The summed E-state index contributed by atoms with van der Waals surface area (Å²) in [5.74, 6) is 0.472. The molecule has 0 aliphatic carbocycles. The van der Waals surface area contributed by atoms with Gasteiger partial charge in [0.15, 0.2) is 0 Å². The molecule has 0 unspecified atom stereocenters. The summed E-state index contributed by atoms with van der Waals surface area (Å²) < 4.78 is 5.68. The van der Waals surface area contributed by atoms with Gasteiger partial charge in [-0.05, 0) is 43.6 Å². The van der Waals surface area contributed by atoms with Gasteiger partial charge in [-0.1, -0.05) is 12.5 Å². The number of carbonyl (C=O) groups excluding carboxylic acids is 1. The first-order valence-corrected chi connectivity index (χ1v) is 9.87. The summed E-state index contributed by atoms with van der Waals surface area (Å²) in [6.45, 7) is 4.17. The average molecular weight is 372 g/mol. The average Bonchev–Trinajstić information content (AvgIpc) is 3.20. The van der Waals surface area contributed by atoms with Gasteiger partial charge in [-0.3, -0.25) is 9.69 Å². The number of rotatable bonds is 8. The molecule has 0 spiro atoms. The van der Waals surface area contributed by atoms with Crippen molar-refractivity contribution in [2.45, 2.75) is 25.8 Å². The number of carbonyl (C=O) groups is 1. The molecule has 26 heavy (non-hydrogen) atoms. The molecule has 0 radical (unpaired) electrons. The predicted octanol–water partition coefficient (Wildman–Crippen LogP) is 2.89. The standard InChI is InChI=1S/C19H24N4O2S/c24-19(17-14-26-15-22-17)21-7-2-5-11-25-18-12-16(6-8-20-18)13-23-9-3-1-4-10-23/h2,5-6,8,12,14-15H,1,3-4,7,9-11,13H2,(H,21,24). The molecule has 3 rings (SSSR count). The first-order valence-electron chi connectivity index (χ1n) is 8.93. The van der Waals surface area contributed by atoms with Crippen molar-refractivity contribution in [1.29, 1.82) is 0 Å². The summed E-state index contributed by atoms with van der Waals surface area (Å²) in [5.41, 5.74) is 3.33. The summed E-state index contributed by atoms with van der Waals surface area (Å²) in [5, 5.41) is 4.51. The molecule has 138 valence electrons. The number of hydrogen-bond donors (Lipinski definition) is 1. The summed E-state index contributed by atoms with van der Waals surface area (Å²) in [6.07, 6.45) is 9.46. The third-order valence-corrected chi connectivity index (χ3v) is 4.78. The van der Waals surface area contributed by atoms with Crippen molar-refractivity contribution in [1.82, 2.24) is 20.2 Å². The topological polar surface area (TPSA) is 67.3 Å². The number of nitrogens with zero attached hydrogens (tertiary/aromatic N) is 3. The molecule has 1 N–H and O–H groups in total. The van der Waals surface area contributed by atoms with E-state index in [1.54, 1.807) is 17.1 Å². The minimum atomic E-state index is -0.163. The zero-order valence-electron chi connectivity index (χ0n) is 14.8. The molecule has 1 aliphatic rings. The lowest BCUT2D eigenvalue weighted by Crippen LogP contribution is -2.29. The van der Waals surface area contributed by atoms with Gasteiger partial charge in [-0.25, -0.2) is 9.97 Å². The number of hydrogen-bond acceptors (Lipinski definition) is 6. The Morgan fingerprint density at radius 1 is 1.27 bits per heavy atom. The van der Waals surface area contributed by atoms with Gasteiger partial charge < -0.3 is 10.1 Å². The number of nitrogens with one attached hydrogen (secondary N) is 1. The number of thiazole rings is 1. The van der Waals surface area contributed by atoms with Crippen LogP contribution in [0.4, 0.5) is 0 Å². The van der Waals surface area contributed by atoms with Crippen LogP contribution in [0.25, 0.3) is 0 Å². The van der Waals surface area contributed by atoms with Crippen LogP contribution >= 0.6 is 11.3 Å². The first-order chi connectivity index (χ1) is 12.8. The van der Waals surface area contributed by atoms with Gasteiger partial charge >= 0.3 is 0 Å². The molecule has 0 bridgehead atoms. The van der Waals surface area contributed by atoms with Crippen LogP contribution in [0.3, 0.4) is 0 Å². The van der Waals surface area contributed by atoms with Gasteiger partial charge in [0.1, 0.15) is 12.3 Å². The lowest BCUT2D eigenvalue weighted by Gasteiger charge is -2.26. The van der Waals surface area contributed by atoms with E-state index in [-0.39, 0.29) is 5.91 Å². The molecule has 0 aromatic carbocycles. The minimum Gasteiger partial charge on any atom is -0.473 e. The number of likely N-dealkylation sites (tertiary alicyclic amines) is 1. The second-order valence-electron chi connectivity index (χ2n) is 6.21. The van der Waals surface area contributed by atoms with Crippen molar-refractivity contribution in [2.75, 3.05) is 26.2 Å². The van der Waals surface area contributed by atoms with Gasteiger partial charge in [-0.2, -0.15) is 0 Å². The second-order valence-corrected chi connectivity index (χ2v) is 6.92. The van der Waals surface area contributed by atoms with Crippen molar-refractivity contribution in [3.8, 4) is 5.88 Å². The SMILES string of the molecule is O=C(NCC=CCOc1cc(CN2CCCCC2)ccn1)c1cscn1. The fourth-order valence-corrected chi connectivity index (χ4v) is 3.39. The maximum absolute atomic E-state index is 11.7. The quantitative estimate of drug-likeness (QED) is 0.722. The third-order valence-electron chi connectivity index (χ3n) is 4.19. The molecule has 7 heteroatoms. The molecular weight excluding hydrogens is 348 g/mol. The lowest BCUT2D eigenvalue weighted by atomic mass is 10.1. The van der Waals surface area contributed by atoms with Crippen LogP contribution in [0.2, 0.25) is 0 Å². The maximum Gasteiger partial charge on any atom is 0.270 e. The molecule has 0 saturated carbocycles. The Balaban J connectivity index is 1.37. The molecule has 1 amide bonds. The number of pyridine rings is 1. The van der Waals surface area contributed by atoms with E-state index >= 15 is 0 Å². The van der Waals surface area contributed by atoms with Crippen LogP contribution in [-0.4, -0.2) is 47.0 Å². The normalized spacial score (nSPS) is 15.2. The number of aromatic nitrogens is 2. The highest BCUT2D eigenvalue weighted by Gasteiger charge is 2.10. The molecule has 3 heterocycles. The Bertz CT molecular complexity index is 712. The van der Waals surface area contributed by atoms with Crippen LogP contribution in [0.15, 0.2) is 41.4 Å². The van der Waals surface area contributed by atoms with Crippen LogP contribution in [-0.2, 0) is 6.54 Å². The van der Waals surface area contributed by atoms with Crippen molar-refractivity contribution < 1.29 is 9.53 Å². The van der Waals surface area contributed by atoms with Crippen molar-refractivity contribution in [3.63, 3.8) is 0 Å². The van der Waals surface area contributed by atoms with Gasteiger partial charge in [-0.15, -0.1) is 11.3 Å². The van der Waals surface area contributed by atoms with Gasteiger partial charge in [0.2, 0.25) is 5.88 Å². The number of amides is 1. The highest BCUT2D eigenvalue weighted by Crippen LogP contribution is 2.15. The zero-order chi connectivity index (χ0) is 18.0. The van der Waals surface area contributed by atoms with E-state index in [4.69, 9.17) is 4.74 Å². The minimum absolute atomic E-state index is 0.163. The monoisotopic (exact) mass is 372 g/mol. The van der Waals surface area contributed by atoms with Gasteiger partial charge in [0.25, 0.3) is 5.91 Å². The first kappa shape index (κ1) is 18.5. The number of piperidine rings is 1. The van der Waals surface area contributed by atoms with Crippen molar-refractivity contribution >= 4 is 17.2 Å². The highest BCUT2D eigenvalue weighted by molar-refractivity contribution is 7.07. The Morgan fingerprint density at radius 3 is 2.96 bits per heavy atom. The Hall–Kier alpha value is -2.25. The molecule has 1 aliphatic heterocycles. The molecule has 1 saturated heterocycles. The van der Waals surface area contributed by atoms with Crippen LogP contribution in [0.5, 0.6) is 5.88 Å². The fourth-order valence-electron chi connectivity index (χ4n) is 2.86. The largest absolute Gasteiger partial charge is 0.473 e. The molecular formula is C19H24N4O2S. The maximum atomic E-state index is 11.7. The second kappa shape index (κ2) is 10.0. The molecule has 2 aromatic heterocycles. The molecule has 1 fully saturated rings. The molecule has 0 atom stereocenters. The van der Waals surface area contributed by atoms with Crippen molar-refractivity contribution in [2.24, 2.45) is 0 Å². The molecule has 6 nitrogen and oxygen atoms in total. The van der Waals surface area contributed by atoms with E-state index in [1.165, 1.54) is 49.3 Å². The predicted molar refractivity (Wildman–Crippen MR) is 102 cm³/mol. The Labute approximate surface area is 157 Å². The van der Waals surface area contributed by atoms with Gasteiger partial charge in [0.05, 0.1) is 5.51 Å². The third kappa shape index (κ3) is 5.93. The lowest BCUT2D eigenvalue weighted by molar-refractivity contribution is 0.0953. The number of ether oxygens (including phenoxy) is 1. The van der Waals surface area contributed by atoms with Crippen LogP contribution in [0.1, 0.15) is 35.3 Å². The summed E-state index contributed by atoms with van der Waals surface area (Å²) in [6, 6.07) is 4.05. The highest BCUT2D eigenvalue weighted by atomic mass is 32.1. The van der Waals surface area contributed by atoms with Crippen molar-refractivity contribution in [3.05, 3.63) is 52.6 Å². The summed E-state index contributed by atoms with van der Waals surface area (Å²) in [7, 11) is 0. The van der Waals surface area contributed by atoms with E-state index in [0.29, 0.717) is 24.7 Å². The molecule has 2 aromatic rings. The van der Waals surface area contributed by atoms with E-state index < -0.39 is 0 Å². The van der Waals surface area contributed by atoms with E-state index in [1.807, 2.05) is 24.3 Å². The van der Waals surface area contributed by atoms with E-state index in [2.05, 4.69) is 20.2 Å². The van der Waals surface area contributed by atoms with Crippen LogP contribution < -0.4 is 10.1 Å². The summed E-state index contributed by atoms with van der Waals surface area (Å²) in [4.78, 5) is 22.4. The van der Waals surface area contributed by atoms with E-state index in [0.717, 1.165) is 6.54 Å². The zero-order valence-corrected chi connectivity index (χ0v) is 15.6.